The van der Waals surface area contributed by atoms with Crippen LogP contribution in [0, 0.1) is 0 Å². The van der Waals surface area contributed by atoms with Crippen LogP contribution in [0.25, 0.3) is 0 Å². The lowest BCUT2D eigenvalue weighted by Gasteiger charge is -2.16. The van der Waals surface area contributed by atoms with Gasteiger partial charge in [0.25, 0.3) is 0 Å². The summed E-state index contributed by atoms with van der Waals surface area (Å²) in [6.45, 7) is -0.0273. The summed E-state index contributed by atoms with van der Waals surface area (Å²) >= 11 is 3.46. The van der Waals surface area contributed by atoms with Gasteiger partial charge in [0.15, 0.2) is 0 Å². The van der Waals surface area contributed by atoms with Crippen LogP contribution in [0.2, 0.25) is 0 Å². The van der Waals surface area contributed by atoms with E-state index >= 15 is 0 Å². The molecule has 0 bridgehead atoms. The number of nitrogens with one attached hydrogen (secondary N) is 1. The average molecular weight is 346 g/mol. The van der Waals surface area contributed by atoms with Gasteiger partial charge < -0.3 is 10.4 Å². The Balaban J connectivity index is 1.82. The van der Waals surface area contributed by atoms with Crippen LogP contribution in [0.4, 0.5) is 5.69 Å². The Labute approximate surface area is 132 Å². The van der Waals surface area contributed by atoms with Gasteiger partial charge in [-0.1, -0.05) is 40.2 Å². The summed E-state index contributed by atoms with van der Waals surface area (Å²) in [5.74, 6) is 0.0238. The van der Waals surface area contributed by atoms with E-state index in [1.807, 2.05) is 42.5 Å². The first-order chi connectivity index (χ1) is 10.1. The van der Waals surface area contributed by atoms with Gasteiger partial charge in [0, 0.05) is 10.2 Å². The lowest BCUT2D eigenvalue weighted by molar-refractivity contribution is -0.118. The van der Waals surface area contributed by atoms with Gasteiger partial charge in [0.2, 0.25) is 5.91 Å². The number of amides is 1. The van der Waals surface area contributed by atoms with Crippen LogP contribution in [0.1, 0.15) is 24.0 Å². The summed E-state index contributed by atoms with van der Waals surface area (Å²) in [5.41, 5.74) is 2.17. The molecule has 0 heterocycles. The van der Waals surface area contributed by atoms with Crippen molar-refractivity contribution in [1.29, 1.82) is 0 Å². The van der Waals surface area contributed by atoms with Gasteiger partial charge in [0.05, 0.1) is 12.0 Å². The molecule has 0 radical (unpaired) electrons. The Kier molecular flexibility index (Phi) is 3.83. The molecule has 0 unspecified atom stereocenters. The number of anilines is 1. The van der Waals surface area contributed by atoms with Crippen molar-refractivity contribution < 1.29 is 9.90 Å². The van der Waals surface area contributed by atoms with E-state index in [1.165, 1.54) is 0 Å². The van der Waals surface area contributed by atoms with Gasteiger partial charge in [-0.05, 0) is 48.2 Å². The summed E-state index contributed by atoms with van der Waals surface area (Å²) in [6, 6.07) is 15.2. The van der Waals surface area contributed by atoms with Gasteiger partial charge in [0.1, 0.15) is 0 Å². The molecule has 21 heavy (non-hydrogen) atoms. The monoisotopic (exact) mass is 345 g/mol. The minimum absolute atomic E-state index is 0.0238. The molecule has 1 fully saturated rings. The van der Waals surface area contributed by atoms with Crippen LogP contribution >= 0.6 is 15.9 Å². The maximum Gasteiger partial charge on any atom is 0.235 e. The number of carbonyl (C=O) groups is 1. The number of halogens is 1. The van der Waals surface area contributed by atoms with Crippen molar-refractivity contribution in [2.75, 3.05) is 5.32 Å². The molecule has 2 aromatic rings. The molecule has 0 spiro atoms. The molecule has 1 aliphatic rings. The number of hydrogen-bond donors (Lipinski definition) is 2. The fourth-order valence-corrected chi connectivity index (χ4v) is 2.96. The standard InChI is InChI=1S/C17H16BrNO2/c18-14-5-2-4-13(10-14)17(7-8-17)16(21)19-15-6-1-3-12(9-15)11-20/h1-6,9-10,20H,7-8,11H2,(H,19,21). The Hall–Kier alpha value is -1.65. The summed E-state index contributed by atoms with van der Waals surface area (Å²) in [5, 5.41) is 12.1. The normalized spacial score (nSPS) is 15.5. The Morgan fingerprint density at radius 2 is 1.95 bits per heavy atom. The molecule has 108 valence electrons. The quantitative estimate of drug-likeness (QED) is 0.889. The number of carbonyl (C=O) groups excluding carboxylic acids is 1. The second kappa shape index (κ2) is 5.62. The Bertz CT molecular complexity index is 680. The second-order valence-corrected chi connectivity index (χ2v) is 6.32. The molecule has 1 aliphatic carbocycles. The highest BCUT2D eigenvalue weighted by atomic mass is 79.9. The number of aliphatic hydroxyl groups is 1. The number of hydrogen-bond acceptors (Lipinski definition) is 2. The molecule has 0 atom stereocenters. The second-order valence-electron chi connectivity index (χ2n) is 5.41. The lowest BCUT2D eigenvalue weighted by atomic mass is 9.95. The highest BCUT2D eigenvalue weighted by Crippen LogP contribution is 2.49. The third kappa shape index (κ3) is 2.87. The molecule has 4 heteroatoms. The van der Waals surface area contributed by atoms with Crippen LogP contribution < -0.4 is 5.32 Å². The minimum Gasteiger partial charge on any atom is -0.392 e. The van der Waals surface area contributed by atoms with E-state index in [0.717, 1.165) is 34.1 Å². The van der Waals surface area contributed by atoms with Crippen molar-refractivity contribution in [3.05, 3.63) is 64.1 Å². The summed E-state index contributed by atoms with van der Waals surface area (Å²) in [7, 11) is 0. The van der Waals surface area contributed by atoms with Gasteiger partial charge in [-0.2, -0.15) is 0 Å². The van der Waals surface area contributed by atoms with Crippen molar-refractivity contribution in [2.24, 2.45) is 0 Å². The molecule has 0 aromatic heterocycles. The fourth-order valence-electron chi connectivity index (χ4n) is 2.56. The van der Waals surface area contributed by atoms with Crippen molar-refractivity contribution in [1.82, 2.24) is 0 Å². The zero-order valence-corrected chi connectivity index (χ0v) is 13.1. The third-order valence-electron chi connectivity index (χ3n) is 3.93. The maximum absolute atomic E-state index is 12.6. The number of benzene rings is 2. The first-order valence-corrected chi connectivity index (χ1v) is 7.71. The van der Waals surface area contributed by atoms with Gasteiger partial charge in [-0.25, -0.2) is 0 Å². The van der Waals surface area contributed by atoms with E-state index < -0.39 is 5.41 Å². The topological polar surface area (TPSA) is 49.3 Å². The molecule has 0 aliphatic heterocycles. The van der Waals surface area contributed by atoms with E-state index in [1.54, 1.807) is 6.07 Å². The zero-order chi connectivity index (χ0) is 14.9. The fraction of sp³-hybridized carbons (Fsp3) is 0.235. The van der Waals surface area contributed by atoms with E-state index in [-0.39, 0.29) is 12.5 Å². The largest absolute Gasteiger partial charge is 0.392 e. The van der Waals surface area contributed by atoms with E-state index in [9.17, 15) is 4.79 Å². The molecule has 1 amide bonds. The van der Waals surface area contributed by atoms with E-state index in [2.05, 4.69) is 21.2 Å². The molecule has 2 aromatic carbocycles. The first-order valence-electron chi connectivity index (χ1n) is 6.91. The smallest absolute Gasteiger partial charge is 0.235 e. The van der Waals surface area contributed by atoms with E-state index in [0.29, 0.717) is 0 Å². The van der Waals surface area contributed by atoms with Crippen molar-refractivity contribution in [2.45, 2.75) is 24.9 Å². The predicted molar refractivity (Wildman–Crippen MR) is 86.0 cm³/mol. The van der Waals surface area contributed by atoms with Gasteiger partial charge in [-0.15, -0.1) is 0 Å². The summed E-state index contributed by atoms with van der Waals surface area (Å²) in [4.78, 5) is 12.6. The van der Waals surface area contributed by atoms with Crippen LogP contribution in [0.15, 0.2) is 53.0 Å². The van der Waals surface area contributed by atoms with E-state index in [4.69, 9.17) is 5.11 Å². The molecular formula is C17H16BrNO2. The molecule has 2 N–H and O–H groups in total. The van der Waals surface area contributed by atoms with Crippen molar-refractivity contribution in [3.8, 4) is 0 Å². The Morgan fingerprint density at radius 1 is 1.19 bits per heavy atom. The molecule has 1 saturated carbocycles. The predicted octanol–water partition coefficient (Wildman–Crippen LogP) is 3.61. The van der Waals surface area contributed by atoms with Crippen molar-refractivity contribution >= 4 is 27.5 Å². The average Bonchev–Trinajstić information content (AvgIpc) is 3.29. The van der Waals surface area contributed by atoms with Gasteiger partial charge in [-0.3, -0.25) is 4.79 Å². The highest BCUT2D eigenvalue weighted by Gasteiger charge is 2.51. The van der Waals surface area contributed by atoms with Crippen LogP contribution in [-0.4, -0.2) is 11.0 Å². The van der Waals surface area contributed by atoms with Crippen LogP contribution in [-0.2, 0) is 16.8 Å². The molecule has 0 saturated heterocycles. The lowest BCUT2D eigenvalue weighted by Crippen LogP contribution is -2.27. The minimum atomic E-state index is -0.404. The highest BCUT2D eigenvalue weighted by molar-refractivity contribution is 9.10. The number of rotatable bonds is 4. The van der Waals surface area contributed by atoms with Crippen LogP contribution in [0.3, 0.4) is 0 Å². The molecular weight excluding hydrogens is 330 g/mol. The van der Waals surface area contributed by atoms with Gasteiger partial charge >= 0.3 is 0 Å². The summed E-state index contributed by atoms with van der Waals surface area (Å²) in [6.07, 6.45) is 1.74. The van der Waals surface area contributed by atoms with Crippen LogP contribution in [0.5, 0.6) is 0 Å². The van der Waals surface area contributed by atoms with Crippen molar-refractivity contribution in [3.63, 3.8) is 0 Å². The first kappa shape index (κ1) is 14.3. The SMILES string of the molecule is O=C(Nc1cccc(CO)c1)C1(c2cccc(Br)c2)CC1. The molecule has 3 nitrogen and oxygen atoms in total. The zero-order valence-electron chi connectivity index (χ0n) is 11.5. The molecule has 3 rings (SSSR count). The third-order valence-corrected chi connectivity index (χ3v) is 4.42. The summed E-state index contributed by atoms with van der Waals surface area (Å²) < 4.78 is 0.987. The maximum atomic E-state index is 12.6. The number of aliphatic hydroxyl groups excluding tert-OH is 1. The Morgan fingerprint density at radius 3 is 2.62 bits per heavy atom.